The van der Waals surface area contributed by atoms with E-state index in [1.165, 1.54) is 36.7 Å². The Hall–Kier alpha value is -4.79. The maximum absolute atomic E-state index is 13.1. The van der Waals surface area contributed by atoms with Crippen LogP contribution in [-0.2, 0) is 19.4 Å². The number of nitrogens with one attached hydrogen (secondary N) is 1. The van der Waals surface area contributed by atoms with Crippen LogP contribution in [-0.4, -0.2) is 42.7 Å². The summed E-state index contributed by atoms with van der Waals surface area (Å²) in [4.78, 5) is 27.9. The van der Waals surface area contributed by atoms with E-state index in [0.717, 1.165) is 0 Å². The number of rotatable bonds is 10. The number of sulfone groups is 1. The number of carbonyl (C=O) groups excluding carboxylic acids is 1. The first kappa shape index (κ1) is 27.3. The SMILES string of the molecule is CC1=C(C(=O)OCCCOc2no[n+]([O-])c2S(=O)(=O)c2ccccc2)C(c2ccncc2)C([N+](=O)[O-])=C(C)N1. The van der Waals surface area contributed by atoms with Crippen molar-refractivity contribution in [1.29, 1.82) is 0 Å². The van der Waals surface area contributed by atoms with Gasteiger partial charge in [-0.25, -0.2) is 13.2 Å². The number of hydrogen-bond acceptors (Lipinski definition) is 12. The predicted octanol–water partition coefficient (Wildman–Crippen LogP) is 2.02. The molecule has 3 heterocycles. The molecular formula is C24H23N5O9S. The second-order valence-corrected chi connectivity index (χ2v) is 10.2. The van der Waals surface area contributed by atoms with Gasteiger partial charge in [-0.2, -0.15) is 0 Å². The fourth-order valence-electron chi connectivity index (χ4n) is 4.09. The van der Waals surface area contributed by atoms with E-state index in [0.29, 0.717) is 17.0 Å². The Kier molecular flexibility index (Phi) is 7.90. The van der Waals surface area contributed by atoms with Crippen molar-refractivity contribution in [2.45, 2.75) is 36.1 Å². The maximum atomic E-state index is 13.1. The van der Waals surface area contributed by atoms with Crippen LogP contribution < -0.4 is 15.0 Å². The number of pyridine rings is 1. The van der Waals surface area contributed by atoms with E-state index in [2.05, 4.69) is 20.1 Å². The number of nitrogens with zero attached hydrogens (tertiary/aromatic N) is 4. The largest absolute Gasteiger partial charge is 0.462 e. The van der Waals surface area contributed by atoms with Gasteiger partial charge in [0.15, 0.2) is 0 Å². The van der Waals surface area contributed by atoms with Crippen molar-refractivity contribution in [2.75, 3.05) is 13.2 Å². The minimum absolute atomic E-state index is 0.0690. The molecule has 1 unspecified atom stereocenters. The molecule has 0 aliphatic carbocycles. The number of hydrogen-bond donors (Lipinski definition) is 1. The molecule has 0 fully saturated rings. The number of esters is 1. The molecule has 1 atom stereocenters. The lowest BCUT2D eigenvalue weighted by Crippen LogP contribution is -2.32. The first-order valence-corrected chi connectivity index (χ1v) is 13.0. The lowest BCUT2D eigenvalue weighted by atomic mass is 9.84. The first-order valence-electron chi connectivity index (χ1n) is 11.6. The summed E-state index contributed by atoms with van der Waals surface area (Å²) >= 11 is 0. The molecule has 1 aliphatic heterocycles. The average molecular weight is 558 g/mol. The van der Waals surface area contributed by atoms with Crippen LogP contribution in [0.1, 0.15) is 31.7 Å². The second-order valence-electron chi connectivity index (χ2n) is 8.34. The van der Waals surface area contributed by atoms with Crippen LogP contribution >= 0.6 is 0 Å². The number of ether oxygens (including phenoxy) is 2. The topological polar surface area (TPSA) is 191 Å². The summed E-state index contributed by atoms with van der Waals surface area (Å²) in [6.07, 6.45) is 3.03. The van der Waals surface area contributed by atoms with Gasteiger partial charge in [0.05, 0.1) is 39.5 Å². The molecule has 3 aromatic rings. The Bertz CT molecular complexity index is 1550. The van der Waals surface area contributed by atoms with Gasteiger partial charge in [-0.3, -0.25) is 19.7 Å². The molecule has 1 aromatic carbocycles. The monoisotopic (exact) mass is 557 g/mol. The molecule has 39 heavy (non-hydrogen) atoms. The average Bonchev–Trinajstić information content (AvgIpc) is 3.29. The summed E-state index contributed by atoms with van der Waals surface area (Å²) in [7, 11) is -4.28. The van der Waals surface area contributed by atoms with Crippen LogP contribution in [0.3, 0.4) is 0 Å². The summed E-state index contributed by atoms with van der Waals surface area (Å²) in [5.41, 5.74) is 1.08. The summed E-state index contributed by atoms with van der Waals surface area (Å²) in [6.45, 7) is 2.81. The number of aromatic nitrogens is 3. The minimum atomic E-state index is -4.28. The smallest absolute Gasteiger partial charge is 0.414 e. The Labute approximate surface area is 222 Å². The molecule has 1 aliphatic rings. The highest BCUT2D eigenvalue weighted by molar-refractivity contribution is 7.91. The van der Waals surface area contributed by atoms with Crippen LogP contribution in [0.2, 0.25) is 0 Å². The van der Waals surface area contributed by atoms with Gasteiger partial charge in [0.25, 0.3) is 15.5 Å². The summed E-state index contributed by atoms with van der Waals surface area (Å²) in [5.74, 6) is -2.30. The second kappa shape index (κ2) is 11.3. The normalized spacial score (nSPS) is 15.6. The van der Waals surface area contributed by atoms with Gasteiger partial charge in [0.1, 0.15) is 5.92 Å². The van der Waals surface area contributed by atoms with Crippen LogP contribution in [0, 0.1) is 15.3 Å². The lowest BCUT2D eigenvalue weighted by molar-refractivity contribution is -0.832. The van der Waals surface area contributed by atoms with Gasteiger partial charge in [0, 0.05) is 24.5 Å². The highest BCUT2D eigenvalue weighted by Gasteiger charge is 2.41. The van der Waals surface area contributed by atoms with Crippen LogP contribution in [0.4, 0.5) is 0 Å². The molecule has 4 rings (SSSR count). The first-order chi connectivity index (χ1) is 18.6. The molecule has 0 saturated carbocycles. The Morgan fingerprint density at radius 3 is 2.49 bits per heavy atom. The van der Waals surface area contributed by atoms with Gasteiger partial charge in [-0.05, 0) is 48.6 Å². The molecule has 2 aromatic heterocycles. The Morgan fingerprint density at radius 2 is 1.82 bits per heavy atom. The zero-order valence-electron chi connectivity index (χ0n) is 20.8. The van der Waals surface area contributed by atoms with E-state index < -0.39 is 37.6 Å². The van der Waals surface area contributed by atoms with Crippen molar-refractivity contribution in [3.05, 3.63) is 98.4 Å². The lowest BCUT2D eigenvalue weighted by Gasteiger charge is -2.26. The summed E-state index contributed by atoms with van der Waals surface area (Å²) < 4.78 is 40.8. The van der Waals surface area contributed by atoms with Crippen LogP contribution in [0.5, 0.6) is 5.88 Å². The third-order valence-electron chi connectivity index (χ3n) is 5.80. The van der Waals surface area contributed by atoms with E-state index in [4.69, 9.17) is 9.47 Å². The number of allylic oxidation sites excluding steroid dienone is 3. The van der Waals surface area contributed by atoms with E-state index >= 15 is 0 Å². The molecule has 1 N–H and O–H groups in total. The zero-order chi connectivity index (χ0) is 28.2. The van der Waals surface area contributed by atoms with E-state index in [9.17, 15) is 28.5 Å². The molecule has 0 amide bonds. The van der Waals surface area contributed by atoms with Crippen LogP contribution in [0.15, 0.2) is 92.1 Å². The summed E-state index contributed by atoms with van der Waals surface area (Å²) in [6, 6.07) is 10.4. The molecule has 0 spiro atoms. The van der Waals surface area contributed by atoms with Crippen molar-refractivity contribution >= 4 is 15.8 Å². The third kappa shape index (κ3) is 5.57. The van der Waals surface area contributed by atoms with E-state index in [-0.39, 0.29) is 40.7 Å². The van der Waals surface area contributed by atoms with Crippen LogP contribution in [0.25, 0.3) is 0 Å². The predicted molar refractivity (Wildman–Crippen MR) is 131 cm³/mol. The molecule has 0 bridgehead atoms. The van der Waals surface area contributed by atoms with Crippen molar-refractivity contribution in [2.24, 2.45) is 0 Å². The Morgan fingerprint density at radius 1 is 1.13 bits per heavy atom. The minimum Gasteiger partial charge on any atom is -0.462 e. The number of carbonyl (C=O) groups is 1. The van der Waals surface area contributed by atoms with Crippen molar-refractivity contribution in [1.82, 2.24) is 15.5 Å². The van der Waals surface area contributed by atoms with E-state index in [1.807, 2.05) is 0 Å². The van der Waals surface area contributed by atoms with Gasteiger partial charge >= 0.3 is 16.9 Å². The van der Waals surface area contributed by atoms with Crippen molar-refractivity contribution in [3.8, 4) is 5.88 Å². The quantitative estimate of drug-likeness (QED) is 0.126. The Balaban J connectivity index is 1.43. The molecule has 14 nitrogen and oxygen atoms in total. The zero-order valence-corrected chi connectivity index (χ0v) is 21.6. The number of nitro groups is 1. The molecular weight excluding hydrogens is 534 g/mol. The summed E-state index contributed by atoms with van der Waals surface area (Å²) in [5, 5.41) is 29.3. The van der Waals surface area contributed by atoms with Gasteiger partial charge < -0.3 is 20.0 Å². The van der Waals surface area contributed by atoms with Gasteiger partial charge in [-0.1, -0.05) is 18.2 Å². The highest BCUT2D eigenvalue weighted by atomic mass is 32.2. The number of benzene rings is 1. The van der Waals surface area contributed by atoms with E-state index in [1.54, 1.807) is 32.0 Å². The maximum Gasteiger partial charge on any atom is 0.414 e. The molecule has 0 radical (unpaired) electrons. The fraction of sp³-hybridized carbons (Fsp3) is 0.250. The molecule has 0 saturated heterocycles. The number of dihydropyridines is 1. The van der Waals surface area contributed by atoms with Crippen molar-refractivity contribution < 1.29 is 37.1 Å². The molecule has 15 heteroatoms. The van der Waals surface area contributed by atoms with Crippen molar-refractivity contribution in [3.63, 3.8) is 0 Å². The van der Waals surface area contributed by atoms with Gasteiger partial charge in [-0.15, -0.1) is 0 Å². The third-order valence-corrected chi connectivity index (χ3v) is 7.52. The standard InChI is InChI=1S/C24H23N5O9S/c1-15-19(20(17-9-11-25-12-10-17)21(28(31)32)16(2)26-15)24(30)37-14-6-13-36-22-23(29(33)38-27-22)39(34,35)18-7-4-3-5-8-18/h3-5,7-12,20,26H,6,13-14H2,1-2H3. The molecule has 204 valence electrons. The fourth-order valence-corrected chi connectivity index (χ4v) is 5.38. The highest BCUT2D eigenvalue weighted by Crippen LogP contribution is 2.38. The van der Waals surface area contributed by atoms with Gasteiger partial charge in [0.2, 0.25) is 0 Å².